The second-order valence-corrected chi connectivity index (χ2v) is 12.7. The number of fused-ring (bicyclic) bond motifs is 1. The lowest BCUT2D eigenvalue weighted by atomic mass is 10.1. The van der Waals surface area contributed by atoms with Gasteiger partial charge in [-0.2, -0.15) is 0 Å². The first-order valence-corrected chi connectivity index (χ1v) is 15.8. The van der Waals surface area contributed by atoms with Gasteiger partial charge in [-0.15, -0.1) is 21.5 Å². The fourth-order valence-electron chi connectivity index (χ4n) is 4.54. The SMILES string of the molecule is Cc1c(Nc2nc(C(=O)O)c(CCCOc3ccc(CCCN(C)C)cc3F)s2)nnc(Nc2nc3ccccc3s2)c1C. The molecule has 5 rings (SSSR count). The first-order valence-electron chi connectivity index (χ1n) is 14.2. The zero-order valence-electron chi connectivity index (χ0n) is 25.0. The number of hydrogen-bond acceptors (Lipinski definition) is 11. The molecule has 0 spiro atoms. The molecule has 0 amide bonds. The number of benzene rings is 2. The summed E-state index contributed by atoms with van der Waals surface area (Å²) in [5.74, 6) is -0.240. The van der Waals surface area contributed by atoms with Gasteiger partial charge in [-0.05, 0) is 90.0 Å². The molecule has 13 heteroatoms. The third kappa shape index (κ3) is 7.65. The Balaban J connectivity index is 1.19. The van der Waals surface area contributed by atoms with Crippen molar-refractivity contribution >= 4 is 60.8 Å². The molecule has 0 aliphatic carbocycles. The molecule has 0 aliphatic rings. The number of carboxylic acid groups (broad SMARTS) is 1. The zero-order valence-corrected chi connectivity index (χ0v) is 26.6. The smallest absolute Gasteiger partial charge is 0.355 e. The predicted octanol–water partition coefficient (Wildman–Crippen LogP) is 6.99. The average molecular weight is 636 g/mol. The molecule has 3 heterocycles. The van der Waals surface area contributed by atoms with Crippen LogP contribution in [0.5, 0.6) is 5.75 Å². The maximum Gasteiger partial charge on any atom is 0.355 e. The fourth-order valence-corrected chi connectivity index (χ4v) is 6.40. The lowest BCUT2D eigenvalue weighted by molar-refractivity contribution is 0.0690. The van der Waals surface area contributed by atoms with Crippen molar-refractivity contribution in [3.05, 3.63) is 75.5 Å². The van der Waals surface area contributed by atoms with Gasteiger partial charge in [-0.3, -0.25) is 0 Å². The van der Waals surface area contributed by atoms with E-state index in [-0.39, 0.29) is 18.1 Å². The molecule has 44 heavy (non-hydrogen) atoms. The van der Waals surface area contributed by atoms with Crippen LogP contribution in [-0.2, 0) is 12.8 Å². The van der Waals surface area contributed by atoms with Crippen molar-refractivity contribution in [2.75, 3.05) is 37.9 Å². The number of hydrogen-bond donors (Lipinski definition) is 3. The molecule has 230 valence electrons. The van der Waals surface area contributed by atoms with E-state index in [1.54, 1.807) is 6.07 Å². The van der Waals surface area contributed by atoms with Crippen LogP contribution in [0.15, 0.2) is 42.5 Å². The predicted molar refractivity (Wildman–Crippen MR) is 174 cm³/mol. The number of carbonyl (C=O) groups is 1. The third-order valence-corrected chi connectivity index (χ3v) is 9.02. The molecule has 0 atom stereocenters. The summed E-state index contributed by atoms with van der Waals surface area (Å²) in [5.41, 5.74) is 3.54. The molecular weight excluding hydrogens is 602 g/mol. The summed E-state index contributed by atoms with van der Waals surface area (Å²) in [6.07, 6.45) is 2.66. The Labute approximate surface area is 263 Å². The zero-order chi connectivity index (χ0) is 31.2. The maximum atomic E-state index is 14.6. The van der Waals surface area contributed by atoms with Gasteiger partial charge in [0.1, 0.15) is 0 Å². The summed E-state index contributed by atoms with van der Waals surface area (Å²) in [7, 11) is 4.03. The average Bonchev–Trinajstić information content (AvgIpc) is 3.59. The quantitative estimate of drug-likeness (QED) is 0.110. The van der Waals surface area contributed by atoms with E-state index in [2.05, 4.69) is 35.7 Å². The number of rotatable bonds is 14. The summed E-state index contributed by atoms with van der Waals surface area (Å²) >= 11 is 2.77. The standard InChI is InChI=1S/C31H34FN7O3S2/c1-18-19(2)28(38-37-27(18)35-30-33-22-10-5-6-11-24(22)43-30)36-31-34-26(29(40)41)25(44-31)12-8-16-42-23-14-13-20(17-21(23)32)9-7-15-39(3)4/h5-6,10-11,13-14,17H,7-9,12,15-16H2,1-4H3,(H,40,41)(H,33,35,37)(H,34,36,38). The van der Waals surface area contributed by atoms with Crippen LogP contribution in [0.25, 0.3) is 10.2 Å². The molecule has 0 radical (unpaired) electrons. The normalized spacial score (nSPS) is 11.3. The van der Waals surface area contributed by atoms with Crippen LogP contribution in [0.1, 0.15) is 44.9 Å². The number of anilines is 4. The Kier molecular flexibility index (Phi) is 9.98. The highest BCUT2D eigenvalue weighted by atomic mass is 32.1. The van der Waals surface area contributed by atoms with Gasteiger partial charge < -0.3 is 25.4 Å². The van der Waals surface area contributed by atoms with E-state index < -0.39 is 11.8 Å². The minimum Gasteiger partial charge on any atom is -0.491 e. The Morgan fingerprint density at radius 1 is 0.955 bits per heavy atom. The number of para-hydroxylation sites is 1. The first kappa shape index (κ1) is 31.2. The number of aryl methyl sites for hydroxylation is 2. The molecule has 3 aromatic heterocycles. The third-order valence-electron chi connectivity index (χ3n) is 7.04. The molecule has 10 nitrogen and oxygen atoms in total. The van der Waals surface area contributed by atoms with Crippen molar-refractivity contribution < 1.29 is 19.0 Å². The molecule has 0 bridgehead atoms. The number of ether oxygens (including phenoxy) is 1. The maximum absolute atomic E-state index is 14.6. The second-order valence-electron chi connectivity index (χ2n) is 10.6. The summed E-state index contributed by atoms with van der Waals surface area (Å²) in [6.45, 7) is 5.02. The van der Waals surface area contributed by atoms with E-state index in [1.807, 2.05) is 58.3 Å². The summed E-state index contributed by atoms with van der Waals surface area (Å²) < 4.78 is 21.3. The van der Waals surface area contributed by atoms with E-state index >= 15 is 0 Å². The Hall–Kier alpha value is -4.20. The number of carboxylic acids is 1. The fraction of sp³-hybridized carbons (Fsp3) is 0.323. The van der Waals surface area contributed by atoms with Crippen molar-refractivity contribution in [2.45, 2.75) is 39.5 Å². The van der Waals surface area contributed by atoms with Crippen LogP contribution in [0.3, 0.4) is 0 Å². The monoisotopic (exact) mass is 635 g/mol. The molecular formula is C31H34FN7O3S2. The molecule has 2 aromatic carbocycles. The number of nitrogens with zero attached hydrogens (tertiary/aromatic N) is 5. The highest BCUT2D eigenvalue weighted by molar-refractivity contribution is 7.22. The Bertz CT molecular complexity index is 1740. The lowest BCUT2D eigenvalue weighted by Crippen LogP contribution is -2.13. The number of aromatic carboxylic acids is 1. The second kappa shape index (κ2) is 14.1. The summed E-state index contributed by atoms with van der Waals surface area (Å²) in [4.78, 5) is 23.5. The van der Waals surface area contributed by atoms with Crippen LogP contribution in [0, 0.1) is 19.7 Å². The van der Waals surface area contributed by atoms with Gasteiger partial charge in [-0.25, -0.2) is 19.2 Å². The van der Waals surface area contributed by atoms with Gasteiger partial charge in [0.15, 0.2) is 39.2 Å². The lowest BCUT2D eigenvalue weighted by Gasteiger charge is -2.11. The van der Waals surface area contributed by atoms with Crippen molar-refractivity contribution in [2.24, 2.45) is 0 Å². The van der Waals surface area contributed by atoms with Gasteiger partial charge in [0.25, 0.3) is 0 Å². The molecule has 0 aliphatic heterocycles. The molecule has 0 saturated heterocycles. The van der Waals surface area contributed by atoms with Gasteiger partial charge in [0.05, 0.1) is 16.8 Å². The van der Waals surface area contributed by atoms with Crippen molar-refractivity contribution in [3.63, 3.8) is 0 Å². The minimum absolute atomic E-state index is 0.0257. The van der Waals surface area contributed by atoms with Gasteiger partial charge in [0.2, 0.25) is 0 Å². The van der Waals surface area contributed by atoms with Crippen molar-refractivity contribution in [1.29, 1.82) is 0 Å². The first-order chi connectivity index (χ1) is 21.2. The van der Waals surface area contributed by atoms with Crippen molar-refractivity contribution in [3.8, 4) is 5.75 Å². The van der Waals surface area contributed by atoms with Crippen LogP contribution in [-0.4, -0.2) is 63.4 Å². The van der Waals surface area contributed by atoms with E-state index in [0.717, 1.165) is 51.4 Å². The molecule has 0 saturated carbocycles. The van der Waals surface area contributed by atoms with Crippen LogP contribution < -0.4 is 15.4 Å². The van der Waals surface area contributed by atoms with Crippen LogP contribution in [0.2, 0.25) is 0 Å². The van der Waals surface area contributed by atoms with Crippen LogP contribution in [0.4, 0.5) is 26.3 Å². The molecule has 0 unspecified atom stereocenters. The Morgan fingerprint density at radius 2 is 1.66 bits per heavy atom. The largest absolute Gasteiger partial charge is 0.491 e. The molecule has 5 aromatic rings. The number of halogens is 1. The summed E-state index contributed by atoms with van der Waals surface area (Å²) in [5, 5.41) is 25.9. The summed E-state index contributed by atoms with van der Waals surface area (Å²) in [6, 6.07) is 13.0. The van der Waals surface area contributed by atoms with Gasteiger partial charge in [-0.1, -0.05) is 29.5 Å². The van der Waals surface area contributed by atoms with Gasteiger partial charge in [0, 0.05) is 16.0 Å². The number of thiazole rings is 2. The highest BCUT2D eigenvalue weighted by Gasteiger charge is 2.19. The van der Waals surface area contributed by atoms with Crippen LogP contribution >= 0.6 is 22.7 Å². The topological polar surface area (TPSA) is 125 Å². The minimum atomic E-state index is -1.12. The number of nitrogens with one attached hydrogen (secondary N) is 2. The van der Waals surface area contributed by atoms with E-state index in [4.69, 9.17) is 4.74 Å². The van der Waals surface area contributed by atoms with Crippen molar-refractivity contribution in [1.82, 2.24) is 25.1 Å². The highest BCUT2D eigenvalue weighted by Crippen LogP contribution is 2.32. The van der Waals surface area contributed by atoms with E-state index in [9.17, 15) is 14.3 Å². The van der Waals surface area contributed by atoms with E-state index in [1.165, 1.54) is 28.7 Å². The molecule has 0 fully saturated rings. The van der Waals surface area contributed by atoms with Gasteiger partial charge >= 0.3 is 5.97 Å². The number of aromatic nitrogens is 4. The molecule has 3 N–H and O–H groups in total. The Morgan fingerprint density at radius 3 is 2.32 bits per heavy atom. The van der Waals surface area contributed by atoms with E-state index in [0.29, 0.717) is 34.5 Å².